The first-order valence-electron chi connectivity index (χ1n) is 5.43. The van der Waals surface area contributed by atoms with Gasteiger partial charge in [-0.15, -0.1) is 11.3 Å². The van der Waals surface area contributed by atoms with Crippen molar-refractivity contribution in [3.63, 3.8) is 0 Å². The van der Waals surface area contributed by atoms with Crippen molar-refractivity contribution in [2.75, 3.05) is 18.4 Å². The molecule has 1 fully saturated rings. The van der Waals surface area contributed by atoms with E-state index in [0.29, 0.717) is 10.9 Å². The molecule has 2 aromatic rings. The van der Waals surface area contributed by atoms with Crippen LogP contribution >= 0.6 is 11.3 Å². The van der Waals surface area contributed by atoms with Crippen LogP contribution in [0.25, 0.3) is 0 Å². The molecule has 88 valence electrons. The summed E-state index contributed by atoms with van der Waals surface area (Å²) in [7, 11) is 0. The topological polar surface area (TPSA) is 59.0 Å². The van der Waals surface area contributed by atoms with E-state index in [-0.39, 0.29) is 5.91 Å². The number of thiophene rings is 1. The Morgan fingerprint density at radius 2 is 2.41 bits per heavy atom. The predicted molar refractivity (Wildman–Crippen MR) is 66.4 cm³/mol. The van der Waals surface area contributed by atoms with E-state index in [4.69, 9.17) is 0 Å². The van der Waals surface area contributed by atoms with Crippen LogP contribution in [0, 0.1) is 0 Å². The third-order valence-electron chi connectivity index (χ3n) is 2.76. The highest BCUT2D eigenvalue weighted by Gasteiger charge is 2.22. The van der Waals surface area contributed by atoms with Crippen molar-refractivity contribution in [2.45, 2.75) is 6.04 Å². The van der Waals surface area contributed by atoms with Crippen LogP contribution in [0.15, 0.2) is 29.8 Å². The van der Waals surface area contributed by atoms with Gasteiger partial charge in [-0.3, -0.25) is 4.79 Å². The van der Waals surface area contributed by atoms with Gasteiger partial charge in [-0.05, 0) is 11.4 Å². The number of nitrogens with one attached hydrogen (secondary N) is 2. The van der Waals surface area contributed by atoms with E-state index in [1.165, 1.54) is 11.3 Å². The Balaban J connectivity index is 1.76. The number of hydrogen-bond donors (Lipinski definition) is 2. The molecule has 1 amide bonds. The van der Waals surface area contributed by atoms with Crippen molar-refractivity contribution in [3.8, 4) is 0 Å². The molecule has 1 saturated heterocycles. The first-order chi connectivity index (χ1) is 8.34. The van der Waals surface area contributed by atoms with Gasteiger partial charge in [0.2, 0.25) is 0 Å². The number of nitrogens with zero attached hydrogens (tertiary/aromatic N) is 2. The van der Waals surface area contributed by atoms with E-state index >= 15 is 0 Å². The Morgan fingerprint density at radius 3 is 3.06 bits per heavy atom. The monoisotopic (exact) mass is 248 g/mol. The minimum Gasteiger partial charge on any atom is -0.312 e. The number of carbonyl (C=O) groups excluding carboxylic acids is 1. The van der Waals surface area contributed by atoms with Crippen LogP contribution < -0.4 is 10.6 Å². The summed E-state index contributed by atoms with van der Waals surface area (Å²) in [4.78, 5) is 12.6. The first kappa shape index (κ1) is 10.5. The average molecular weight is 248 g/mol. The van der Waals surface area contributed by atoms with Crippen LogP contribution in [0.2, 0.25) is 0 Å². The van der Waals surface area contributed by atoms with Crippen molar-refractivity contribution in [2.24, 2.45) is 0 Å². The molecule has 0 atom stereocenters. The van der Waals surface area contributed by atoms with Gasteiger partial charge >= 0.3 is 0 Å². The number of carbonyl (C=O) groups is 1. The van der Waals surface area contributed by atoms with E-state index in [9.17, 15) is 4.79 Å². The van der Waals surface area contributed by atoms with Crippen LogP contribution in [0.5, 0.6) is 0 Å². The minimum atomic E-state index is -0.0750. The van der Waals surface area contributed by atoms with Crippen LogP contribution in [0.3, 0.4) is 0 Å². The molecule has 0 saturated carbocycles. The molecule has 1 aliphatic heterocycles. The van der Waals surface area contributed by atoms with Crippen molar-refractivity contribution < 1.29 is 4.79 Å². The summed E-state index contributed by atoms with van der Waals surface area (Å²) in [5.74, 6) is 0.684. The van der Waals surface area contributed by atoms with Gasteiger partial charge in [-0.1, -0.05) is 6.07 Å². The van der Waals surface area contributed by atoms with Gasteiger partial charge in [-0.25, -0.2) is 4.68 Å². The highest BCUT2D eigenvalue weighted by molar-refractivity contribution is 7.12. The fourth-order valence-electron chi connectivity index (χ4n) is 1.74. The summed E-state index contributed by atoms with van der Waals surface area (Å²) in [5, 5.41) is 12.2. The molecule has 0 aromatic carbocycles. The maximum Gasteiger partial charge on any atom is 0.266 e. The largest absolute Gasteiger partial charge is 0.312 e. The third-order valence-corrected chi connectivity index (χ3v) is 3.63. The van der Waals surface area contributed by atoms with Crippen molar-refractivity contribution in [1.82, 2.24) is 15.1 Å². The molecule has 1 aliphatic rings. The number of amides is 1. The lowest BCUT2D eigenvalue weighted by Gasteiger charge is -2.28. The molecule has 6 heteroatoms. The Kier molecular flexibility index (Phi) is 2.66. The Morgan fingerprint density at radius 1 is 1.53 bits per heavy atom. The minimum absolute atomic E-state index is 0.0750. The van der Waals surface area contributed by atoms with Gasteiger partial charge in [0.05, 0.1) is 17.1 Å². The molecule has 0 radical (unpaired) electrons. The lowest BCUT2D eigenvalue weighted by Crippen LogP contribution is -2.44. The van der Waals surface area contributed by atoms with Crippen LogP contribution in [0.1, 0.15) is 15.7 Å². The Hall–Kier alpha value is -1.66. The molecule has 0 bridgehead atoms. The zero-order chi connectivity index (χ0) is 11.7. The summed E-state index contributed by atoms with van der Waals surface area (Å²) in [6.07, 6.45) is 1.71. The van der Waals surface area contributed by atoms with Crippen molar-refractivity contribution in [1.29, 1.82) is 0 Å². The van der Waals surface area contributed by atoms with Gasteiger partial charge in [0.25, 0.3) is 5.91 Å². The van der Waals surface area contributed by atoms with E-state index < -0.39 is 0 Å². The lowest BCUT2D eigenvalue weighted by atomic mass is 10.2. The molecule has 17 heavy (non-hydrogen) atoms. The van der Waals surface area contributed by atoms with Gasteiger partial charge in [0.15, 0.2) is 0 Å². The van der Waals surface area contributed by atoms with Crippen LogP contribution in [-0.4, -0.2) is 28.8 Å². The zero-order valence-corrected chi connectivity index (χ0v) is 9.91. The fourth-order valence-corrected chi connectivity index (χ4v) is 2.36. The fraction of sp³-hybridized carbons (Fsp3) is 0.273. The molecule has 3 rings (SSSR count). The molecule has 0 unspecified atom stereocenters. The molecule has 3 heterocycles. The summed E-state index contributed by atoms with van der Waals surface area (Å²) in [5.41, 5.74) is 0. The van der Waals surface area contributed by atoms with Crippen LogP contribution in [0.4, 0.5) is 5.82 Å². The quantitative estimate of drug-likeness (QED) is 0.861. The predicted octanol–water partition coefficient (Wildman–Crippen LogP) is 1.34. The highest BCUT2D eigenvalue weighted by atomic mass is 32.1. The van der Waals surface area contributed by atoms with Crippen molar-refractivity contribution in [3.05, 3.63) is 34.7 Å². The number of aromatic nitrogens is 2. The number of anilines is 1. The second-order valence-electron chi connectivity index (χ2n) is 3.90. The first-order valence-corrected chi connectivity index (χ1v) is 6.31. The molecule has 2 N–H and O–H groups in total. The Bertz CT molecular complexity index is 515. The summed E-state index contributed by atoms with van der Waals surface area (Å²) in [6.45, 7) is 1.81. The molecular formula is C11H12N4OS. The Labute approximate surface area is 102 Å². The number of rotatable bonds is 3. The molecule has 0 aliphatic carbocycles. The van der Waals surface area contributed by atoms with Crippen molar-refractivity contribution >= 4 is 23.1 Å². The van der Waals surface area contributed by atoms with E-state index in [0.717, 1.165) is 18.9 Å². The molecule has 2 aromatic heterocycles. The maximum atomic E-state index is 11.9. The second kappa shape index (κ2) is 4.31. The van der Waals surface area contributed by atoms with Gasteiger partial charge < -0.3 is 10.6 Å². The van der Waals surface area contributed by atoms with Gasteiger partial charge in [0, 0.05) is 19.2 Å². The van der Waals surface area contributed by atoms with E-state index in [1.54, 1.807) is 6.20 Å². The zero-order valence-electron chi connectivity index (χ0n) is 9.09. The SMILES string of the molecule is O=C(Nc1ccnn1C1CNC1)c1cccs1. The van der Waals surface area contributed by atoms with Gasteiger partial charge in [0.1, 0.15) is 5.82 Å². The summed E-state index contributed by atoms with van der Waals surface area (Å²) >= 11 is 1.43. The van der Waals surface area contributed by atoms with Crippen LogP contribution in [-0.2, 0) is 0 Å². The standard InChI is InChI=1S/C11H12N4OS/c16-11(9-2-1-5-17-9)14-10-3-4-13-15(10)8-6-12-7-8/h1-5,8,12H,6-7H2,(H,14,16). The number of hydrogen-bond acceptors (Lipinski definition) is 4. The smallest absolute Gasteiger partial charge is 0.266 e. The second-order valence-corrected chi connectivity index (χ2v) is 4.85. The maximum absolute atomic E-state index is 11.9. The summed E-state index contributed by atoms with van der Waals surface area (Å²) in [6, 6.07) is 5.85. The molecule has 5 nitrogen and oxygen atoms in total. The molecule has 0 spiro atoms. The van der Waals surface area contributed by atoms with Gasteiger partial charge in [-0.2, -0.15) is 5.10 Å². The third kappa shape index (κ3) is 1.96. The molecular weight excluding hydrogens is 236 g/mol. The lowest BCUT2D eigenvalue weighted by molar-refractivity contribution is 0.102. The van der Waals surface area contributed by atoms with E-state index in [1.807, 2.05) is 28.3 Å². The highest BCUT2D eigenvalue weighted by Crippen LogP contribution is 2.19. The summed E-state index contributed by atoms with van der Waals surface area (Å²) < 4.78 is 1.86. The normalized spacial score (nSPS) is 15.5. The van der Waals surface area contributed by atoms with E-state index in [2.05, 4.69) is 15.7 Å². The average Bonchev–Trinajstić information content (AvgIpc) is 2.86.